The van der Waals surface area contributed by atoms with Crippen molar-refractivity contribution in [2.45, 2.75) is 13.0 Å². The fourth-order valence-corrected chi connectivity index (χ4v) is 1.72. The van der Waals surface area contributed by atoms with Crippen molar-refractivity contribution in [2.75, 3.05) is 13.6 Å². The molecule has 0 spiro atoms. The second-order valence-corrected chi connectivity index (χ2v) is 3.86. The minimum Gasteiger partial charge on any atom is -0.320 e. The van der Waals surface area contributed by atoms with Crippen molar-refractivity contribution in [1.82, 2.24) is 14.9 Å². The van der Waals surface area contributed by atoms with Gasteiger partial charge in [-0.25, -0.2) is 9.37 Å². The lowest BCUT2D eigenvalue weighted by molar-refractivity contribution is 0.593. The van der Waals surface area contributed by atoms with E-state index in [0.717, 1.165) is 13.0 Å². The summed E-state index contributed by atoms with van der Waals surface area (Å²) in [5, 5.41) is 3.34. The smallest absolute Gasteiger partial charge is 0.261 e. The number of aryl methyl sites for hydroxylation is 1. The van der Waals surface area contributed by atoms with Crippen LogP contribution in [0.25, 0.3) is 10.9 Å². The zero-order valence-electron chi connectivity index (χ0n) is 9.61. The molecule has 0 fully saturated rings. The SMILES string of the molecule is CNCCCn1cnc2ccc(F)cc2c1=O. The van der Waals surface area contributed by atoms with Crippen LogP contribution in [0.4, 0.5) is 4.39 Å². The van der Waals surface area contributed by atoms with Crippen LogP contribution in [0, 0.1) is 5.82 Å². The topological polar surface area (TPSA) is 46.9 Å². The van der Waals surface area contributed by atoms with E-state index in [-0.39, 0.29) is 5.56 Å². The number of halogens is 1. The summed E-state index contributed by atoms with van der Waals surface area (Å²) in [6.45, 7) is 1.41. The number of fused-ring (bicyclic) bond motifs is 1. The number of nitrogens with one attached hydrogen (secondary N) is 1. The molecule has 0 aliphatic rings. The Kier molecular flexibility index (Phi) is 3.49. The van der Waals surface area contributed by atoms with Crippen LogP contribution in [0.15, 0.2) is 29.3 Å². The summed E-state index contributed by atoms with van der Waals surface area (Å²) in [6, 6.07) is 4.06. The normalized spacial score (nSPS) is 10.9. The molecule has 2 aromatic rings. The minimum atomic E-state index is -0.413. The number of rotatable bonds is 4. The maximum absolute atomic E-state index is 13.1. The van der Waals surface area contributed by atoms with E-state index in [0.29, 0.717) is 17.4 Å². The Balaban J connectivity index is 2.39. The fraction of sp³-hybridized carbons (Fsp3) is 0.333. The third-order valence-electron chi connectivity index (χ3n) is 2.61. The van der Waals surface area contributed by atoms with Crippen LogP contribution in [-0.4, -0.2) is 23.1 Å². The van der Waals surface area contributed by atoms with Crippen LogP contribution in [0.2, 0.25) is 0 Å². The molecule has 5 heteroatoms. The first-order chi connectivity index (χ1) is 8.22. The number of nitrogens with zero attached hydrogens (tertiary/aromatic N) is 2. The van der Waals surface area contributed by atoms with Gasteiger partial charge in [0.25, 0.3) is 5.56 Å². The van der Waals surface area contributed by atoms with Crippen LogP contribution in [0.5, 0.6) is 0 Å². The van der Waals surface area contributed by atoms with E-state index < -0.39 is 5.82 Å². The van der Waals surface area contributed by atoms with Gasteiger partial charge < -0.3 is 5.32 Å². The van der Waals surface area contributed by atoms with Crippen molar-refractivity contribution in [3.05, 3.63) is 40.7 Å². The standard InChI is InChI=1S/C12H14FN3O/c1-14-5-2-6-16-8-15-11-4-3-9(13)7-10(11)12(16)17/h3-4,7-8,14H,2,5-6H2,1H3. The van der Waals surface area contributed by atoms with Crippen LogP contribution in [-0.2, 0) is 6.54 Å². The monoisotopic (exact) mass is 235 g/mol. The number of hydrogen-bond donors (Lipinski definition) is 1. The number of benzene rings is 1. The van der Waals surface area contributed by atoms with Gasteiger partial charge in [0.1, 0.15) is 5.82 Å². The molecule has 0 aliphatic heterocycles. The first-order valence-corrected chi connectivity index (χ1v) is 5.51. The van der Waals surface area contributed by atoms with Gasteiger partial charge in [-0.05, 0) is 38.2 Å². The molecule has 0 saturated heterocycles. The van der Waals surface area contributed by atoms with Gasteiger partial charge in [0.2, 0.25) is 0 Å². The maximum atomic E-state index is 13.1. The molecule has 1 aromatic carbocycles. The second kappa shape index (κ2) is 5.05. The summed E-state index contributed by atoms with van der Waals surface area (Å²) in [4.78, 5) is 16.1. The molecule has 2 rings (SSSR count). The zero-order valence-corrected chi connectivity index (χ0v) is 9.61. The molecule has 0 atom stereocenters. The van der Waals surface area contributed by atoms with Gasteiger partial charge in [-0.3, -0.25) is 9.36 Å². The van der Waals surface area contributed by atoms with E-state index in [1.54, 1.807) is 0 Å². The van der Waals surface area contributed by atoms with E-state index in [9.17, 15) is 9.18 Å². The molecule has 90 valence electrons. The highest BCUT2D eigenvalue weighted by Gasteiger charge is 2.04. The third kappa shape index (κ3) is 2.50. The van der Waals surface area contributed by atoms with Crippen molar-refractivity contribution in [2.24, 2.45) is 0 Å². The molecule has 1 heterocycles. The summed E-state index contributed by atoms with van der Waals surface area (Å²) in [7, 11) is 1.86. The molecule has 1 N–H and O–H groups in total. The number of hydrogen-bond acceptors (Lipinski definition) is 3. The van der Waals surface area contributed by atoms with Gasteiger partial charge >= 0.3 is 0 Å². The fourth-order valence-electron chi connectivity index (χ4n) is 1.72. The Bertz CT molecular complexity index is 579. The lowest BCUT2D eigenvalue weighted by Gasteiger charge is -2.06. The number of aromatic nitrogens is 2. The van der Waals surface area contributed by atoms with E-state index in [1.807, 2.05) is 7.05 Å². The summed E-state index contributed by atoms with van der Waals surface area (Å²) in [5.74, 6) is -0.413. The lowest BCUT2D eigenvalue weighted by atomic mass is 10.2. The van der Waals surface area contributed by atoms with Gasteiger partial charge in [0.05, 0.1) is 17.2 Å². The summed E-state index contributed by atoms with van der Waals surface area (Å²) < 4.78 is 14.6. The van der Waals surface area contributed by atoms with Gasteiger partial charge in [-0.2, -0.15) is 0 Å². The van der Waals surface area contributed by atoms with E-state index in [1.165, 1.54) is 29.1 Å². The molecule has 0 radical (unpaired) electrons. The lowest BCUT2D eigenvalue weighted by Crippen LogP contribution is -2.22. The van der Waals surface area contributed by atoms with Crippen LogP contribution in [0.1, 0.15) is 6.42 Å². The van der Waals surface area contributed by atoms with E-state index in [2.05, 4.69) is 10.3 Å². The molecule has 0 amide bonds. The van der Waals surface area contributed by atoms with Crippen molar-refractivity contribution in [3.8, 4) is 0 Å². The van der Waals surface area contributed by atoms with Gasteiger partial charge in [0.15, 0.2) is 0 Å². The van der Waals surface area contributed by atoms with Crippen molar-refractivity contribution < 1.29 is 4.39 Å². The van der Waals surface area contributed by atoms with Crippen LogP contribution >= 0.6 is 0 Å². The molecule has 0 saturated carbocycles. The summed E-state index contributed by atoms with van der Waals surface area (Å²) >= 11 is 0. The average molecular weight is 235 g/mol. The Labute approximate surface area is 98.1 Å². The first kappa shape index (κ1) is 11.7. The van der Waals surface area contributed by atoms with Gasteiger partial charge in [0, 0.05) is 6.54 Å². The van der Waals surface area contributed by atoms with E-state index in [4.69, 9.17) is 0 Å². The third-order valence-corrected chi connectivity index (χ3v) is 2.61. The van der Waals surface area contributed by atoms with Crippen molar-refractivity contribution in [1.29, 1.82) is 0 Å². The van der Waals surface area contributed by atoms with E-state index >= 15 is 0 Å². The highest BCUT2D eigenvalue weighted by Crippen LogP contribution is 2.08. The summed E-state index contributed by atoms with van der Waals surface area (Å²) in [6.07, 6.45) is 2.34. The van der Waals surface area contributed by atoms with Crippen LogP contribution < -0.4 is 10.9 Å². The highest BCUT2D eigenvalue weighted by molar-refractivity contribution is 5.77. The predicted octanol–water partition coefficient (Wildman–Crippen LogP) is 1.15. The molecule has 0 bridgehead atoms. The van der Waals surface area contributed by atoms with Gasteiger partial charge in [-0.15, -0.1) is 0 Å². The highest BCUT2D eigenvalue weighted by atomic mass is 19.1. The molecule has 17 heavy (non-hydrogen) atoms. The predicted molar refractivity (Wildman–Crippen MR) is 64.5 cm³/mol. The zero-order chi connectivity index (χ0) is 12.3. The maximum Gasteiger partial charge on any atom is 0.261 e. The molecule has 1 aromatic heterocycles. The van der Waals surface area contributed by atoms with Crippen molar-refractivity contribution in [3.63, 3.8) is 0 Å². The largest absolute Gasteiger partial charge is 0.320 e. The Morgan fingerprint density at radius 3 is 3.06 bits per heavy atom. The van der Waals surface area contributed by atoms with Crippen molar-refractivity contribution >= 4 is 10.9 Å². The average Bonchev–Trinajstić information content (AvgIpc) is 2.33. The minimum absolute atomic E-state index is 0.189. The first-order valence-electron chi connectivity index (χ1n) is 5.51. The quantitative estimate of drug-likeness (QED) is 0.808. The molecule has 0 unspecified atom stereocenters. The molecule has 4 nitrogen and oxygen atoms in total. The Hall–Kier alpha value is -1.75. The van der Waals surface area contributed by atoms with Crippen LogP contribution in [0.3, 0.4) is 0 Å². The molecule has 0 aliphatic carbocycles. The van der Waals surface area contributed by atoms with Gasteiger partial charge in [-0.1, -0.05) is 0 Å². The second-order valence-electron chi connectivity index (χ2n) is 3.86. The molecular formula is C12H14FN3O. The Morgan fingerprint density at radius 1 is 1.47 bits per heavy atom. The molecular weight excluding hydrogens is 221 g/mol. The Morgan fingerprint density at radius 2 is 2.29 bits per heavy atom. The summed E-state index contributed by atoms with van der Waals surface area (Å²) in [5.41, 5.74) is 0.340.